The maximum absolute atomic E-state index is 12.7. The van der Waals surface area contributed by atoms with Crippen LogP contribution in [0.4, 0.5) is 24.8 Å². The number of imidazole rings is 1. The van der Waals surface area contributed by atoms with E-state index in [1.165, 1.54) is 31.4 Å². The summed E-state index contributed by atoms with van der Waals surface area (Å²) in [6.07, 6.45) is -1.73. The van der Waals surface area contributed by atoms with E-state index < -0.39 is 12.3 Å². The summed E-state index contributed by atoms with van der Waals surface area (Å²) in [7, 11) is 1.29. The van der Waals surface area contributed by atoms with Crippen molar-refractivity contribution in [2.24, 2.45) is 11.3 Å². The molecule has 0 aliphatic heterocycles. The van der Waals surface area contributed by atoms with Gasteiger partial charge in [-0.3, -0.25) is 9.59 Å². The Balaban J connectivity index is 1.66. The van der Waals surface area contributed by atoms with Gasteiger partial charge in [-0.2, -0.15) is 0 Å². The van der Waals surface area contributed by atoms with Crippen molar-refractivity contribution >= 4 is 34.5 Å². The minimum absolute atomic E-state index is 0.0651. The third kappa shape index (κ3) is 7.21. The van der Waals surface area contributed by atoms with Crippen LogP contribution in [0.3, 0.4) is 0 Å². The van der Waals surface area contributed by atoms with Gasteiger partial charge in [-0.15, -0.1) is 13.2 Å². The number of ether oxygens (including phenoxy) is 2. The number of alkyl halides is 3. The van der Waals surface area contributed by atoms with Crippen LogP contribution in [-0.4, -0.2) is 41.4 Å². The highest BCUT2D eigenvalue weighted by Crippen LogP contribution is 2.46. The monoisotopic (exact) mass is 546 g/mol. The Morgan fingerprint density at radius 1 is 1.13 bits per heavy atom. The van der Waals surface area contributed by atoms with Crippen molar-refractivity contribution in [3.05, 3.63) is 48.0 Å². The number of nitrogens with zero attached hydrogens (tertiary/aromatic N) is 2. The first kappa shape index (κ1) is 28.3. The molecule has 0 unspecified atom stereocenters. The highest BCUT2D eigenvalue weighted by Gasteiger charge is 2.35. The fourth-order valence-electron chi connectivity index (χ4n) is 5.54. The Kier molecular flexibility index (Phi) is 8.08. The summed E-state index contributed by atoms with van der Waals surface area (Å²) in [5, 5.41) is 5.97. The first-order valence-electron chi connectivity index (χ1n) is 12.8. The van der Waals surface area contributed by atoms with E-state index in [1.54, 1.807) is 12.1 Å². The summed E-state index contributed by atoms with van der Waals surface area (Å²) < 4.78 is 48.4. The third-order valence-corrected chi connectivity index (χ3v) is 6.87. The average molecular weight is 547 g/mol. The number of carbonyl (C=O) groups excluding carboxylic acids is 2. The van der Waals surface area contributed by atoms with Gasteiger partial charge in [0, 0.05) is 23.8 Å². The standard InChI is InChI=1S/C28H33F3N4O4/c1-17-13-20(16-27(2,3)15-17)35-23-10-5-18(25(37)32-12-11-24(36)38-4)14-22(23)34-26(35)33-19-6-8-21(9-7-19)39-28(29,30)31/h5-10,14,17,20H,11-13,15-16H2,1-4H3,(H,32,37)(H,33,34)/t17-,20+/m1/s1. The van der Waals surface area contributed by atoms with Crippen molar-refractivity contribution in [3.63, 3.8) is 0 Å². The van der Waals surface area contributed by atoms with Crippen LogP contribution in [0.5, 0.6) is 5.75 Å². The van der Waals surface area contributed by atoms with Crippen LogP contribution < -0.4 is 15.4 Å². The molecule has 8 nitrogen and oxygen atoms in total. The van der Waals surface area contributed by atoms with Crippen LogP contribution in [0, 0.1) is 11.3 Å². The lowest BCUT2D eigenvalue weighted by molar-refractivity contribution is -0.274. The summed E-state index contributed by atoms with van der Waals surface area (Å²) in [6.45, 7) is 6.88. The van der Waals surface area contributed by atoms with Crippen molar-refractivity contribution in [1.82, 2.24) is 14.9 Å². The van der Waals surface area contributed by atoms with E-state index in [4.69, 9.17) is 4.98 Å². The first-order chi connectivity index (χ1) is 18.3. The Bertz CT molecular complexity index is 1340. The van der Waals surface area contributed by atoms with Gasteiger partial charge in [-0.1, -0.05) is 20.8 Å². The number of esters is 1. The number of halogens is 3. The lowest BCUT2D eigenvalue weighted by atomic mass is 9.70. The molecule has 210 valence electrons. The van der Waals surface area contributed by atoms with Crippen LogP contribution in [0.2, 0.25) is 0 Å². The fourth-order valence-corrected chi connectivity index (χ4v) is 5.54. The molecule has 0 radical (unpaired) electrons. The van der Waals surface area contributed by atoms with Crippen LogP contribution >= 0.6 is 0 Å². The van der Waals surface area contributed by atoms with Crippen LogP contribution in [0.25, 0.3) is 11.0 Å². The maximum atomic E-state index is 12.7. The molecular weight excluding hydrogens is 513 g/mol. The lowest BCUT2D eigenvalue weighted by Gasteiger charge is -2.40. The Morgan fingerprint density at radius 2 is 1.85 bits per heavy atom. The SMILES string of the molecule is COC(=O)CCNC(=O)c1ccc2c(c1)nc(Nc1ccc(OC(F)(F)F)cc1)n2[C@H]1C[C@@H](C)CC(C)(C)C1. The topological polar surface area (TPSA) is 94.5 Å². The van der Waals surface area contributed by atoms with Gasteiger partial charge in [0.25, 0.3) is 5.91 Å². The second kappa shape index (κ2) is 11.2. The number of amides is 1. The number of nitrogens with one attached hydrogen (secondary N) is 2. The number of hydrogen-bond donors (Lipinski definition) is 2. The number of fused-ring (bicyclic) bond motifs is 1. The second-order valence-electron chi connectivity index (χ2n) is 10.9. The molecule has 2 aromatic carbocycles. The molecule has 1 saturated carbocycles. The number of carbonyl (C=O) groups is 2. The average Bonchev–Trinajstić information content (AvgIpc) is 3.19. The Hall–Kier alpha value is -3.76. The van der Waals surface area contributed by atoms with Gasteiger partial charge in [0.1, 0.15) is 5.75 Å². The minimum atomic E-state index is -4.77. The van der Waals surface area contributed by atoms with Crippen LogP contribution in [-0.2, 0) is 9.53 Å². The molecule has 1 amide bonds. The number of methoxy groups -OCH3 is 1. The van der Waals surface area contributed by atoms with E-state index in [0.717, 1.165) is 24.8 Å². The van der Waals surface area contributed by atoms with Crippen molar-refractivity contribution < 1.29 is 32.2 Å². The van der Waals surface area contributed by atoms with E-state index in [-0.39, 0.29) is 36.1 Å². The van der Waals surface area contributed by atoms with Gasteiger partial charge in [0.05, 0.1) is 24.6 Å². The molecule has 1 aliphatic carbocycles. The summed E-state index contributed by atoms with van der Waals surface area (Å²) in [5.74, 6) is -0.0389. The molecule has 1 aromatic heterocycles. The highest BCUT2D eigenvalue weighted by molar-refractivity contribution is 5.98. The predicted octanol–water partition coefficient (Wildman–Crippen LogP) is 6.36. The van der Waals surface area contributed by atoms with E-state index in [2.05, 4.69) is 45.4 Å². The molecule has 39 heavy (non-hydrogen) atoms. The summed E-state index contributed by atoms with van der Waals surface area (Å²) in [4.78, 5) is 28.8. The van der Waals surface area contributed by atoms with E-state index in [1.807, 2.05) is 6.07 Å². The zero-order valence-corrected chi connectivity index (χ0v) is 22.4. The zero-order valence-electron chi connectivity index (χ0n) is 22.4. The summed E-state index contributed by atoms with van der Waals surface area (Å²) in [6, 6.07) is 10.9. The van der Waals surface area contributed by atoms with Crippen molar-refractivity contribution in [2.75, 3.05) is 19.0 Å². The van der Waals surface area contributed by atoms with Crippen LogP contribution in [0.15, 0.2) is 42.5 Å². The van der Waals surface area contributed by atoms with E-state index in [0.29, 0.717) is 28.6 Å². The minimum Gasteiger partial charge on any atom is -0.469 e. The molecule has 1 fully saturated rings. The number of rotatable bonds is 8. The smallest absolute Gasteiger partial charge is 0.469 e. The predicted molar refractivity (Wildman–Crippen MR) is 141 cm³/mol. The molecule has 1 heterocycles. The summed E-state index contributed by atoms with van der Waals surface area (Å²) in [5.41, 5.74) is 2.51. The van der Waals surface area contributed by atoms with Gasteiger partial charge in [0.2, 0.25) is 5.95 Å². The number of anilines is 2. The number of benzene rings is 2. The maximum Gasteiger partial charge on any atom is 0.573 e. The largest absolute Gasteiger partial charge is 0.573 e. The Morgan fingerprint density at radius 3 is 2.49 bits per heavy atom. The lowest BCUT2D eigenvalue weighted by Crippen LogP contribution is -2.29. The van der Waals surface area contributed by atoms with E-state index in [9.17, 15) is 22.8 Å². The molecule has 0 spiro atoms. The molecule has 0 bridgehead atoms. The molecular formula is C28H33F3N4O4. The second-order valence-corrected chi connectivity index (χ2v) is 10.9. The number of hydrogen-bond acceptors (Lipinski definition) is 6. The van der Waals surface area contributed by atoms with Gasteiger partial charge in [0.15, 0.2) is 0 Å². The zero-order chi connectivity index (χ0) is 28.4. The van der Waals surface area contributed by atoms with Gasteiger partial charge in [-0.25, -0.2) is 4.98 Å². The van der Waals surface area contributed by atoms with Gasteiger partial charge >= 0.3 is 12.3 Å². The third-order valence-electron chi connectivity index (χ3n) is 6.87. The van der Waals surface area contributed by atoms with E-state index >= 15 is 0 Å². The number of aromatic nitrogens is 2. The molecule has 3 aromatic rings. The molecule has 11 heteroatoms. The molecule has 0 saturated heterocycles. The highest BCUT2D eigenvalue weighted by atomic mass is 19.4. The van der Waals surface area contributed by atoms with Crippen LogP contribution in [0.1, 0.15) is 62.9 Å². The van der Waals surface area contributed by atoms with Gasteiger partial charge in [-0.05, 0) is 73.1 Å². The normalized spacial score (nSPS) is 18.9. The molecule has 4 rings (SSSR count). The quantitative estimate of drug-likeness (QED) is 0.320. The van der Waals surface area contributed by atoms with Crippen molar-refractivity contribution in [1.29, 1.82) is 0 Å². The van der Waals surface area contributed by atoms with Crippen molar-refractivity contribution in [2.45, 2.75) is 58.9 Å². The first-order valence-corrected chi connectivity index (χ1v) is 12.8. The molecule has 2 N–H and O–H groups in total. The van der Waals surface area contributed by atoms with Crippen molar-refractivity contribution in [3.8, 4) is 5.75 Å². The Labute approximate surface area is 224 Å². The summed E-state index contributed by atoms with van der Waals surface area (Å²) >= 11 is 0. The van der Waals surface area contributed by atoms with Gasteiger partial charge < -0.3 is 24.7 Å². The fraction of sp³-hybridized carbons (Fsp3) is 0.464. The molecule has 1 aliphatic rings. The molecule has 2 atom stereocenters.